The van der Waals surface area contributed by atoms with E-state index in [2.05, 4.69) is 10.2 Å². The van der Waals surface area contributed by atoms with Crippen LogP contribution in [0.5, 0.6) is 0 Å². The Bertz CT molecular complexity index is 107. The Balaban J connectivity index is 0.000000132. The van der Waals surface area contributed by atoms with E-state index in [0.29, 0.717) is 0 Å². The lowest BCUT2D eigenvalue weighted by molar-refractivity contribution is 0.183. The monoisotopic (exact) mass is 186 g/mol. The molecule has 2 aliphatic rings. The maximum Gasteiger partial charge on any atom is 0.0679 e. The molecule has 0 bridgehead atoms. The van der Waals surface area contributed by atoms with Crippen molar-refractivity contribution in [2.45, 2.75) is 31.8 Å². The second-order valence-electron chi connectivity index (χ2n) is 4.02. The minimum Gasteiger partial charge on any atom is -0.392 e. The third kappa shape index (κ3) is 5.24. The number of nitrogens with one attached hydrogen (secondary N) is 1. The van der Waals surface area contributed by atoms with Gasteiger partial charge in [-0.1, -0.05) is 6.42 Å². The largest absolute Gasteiger partial charge is 0.392 e. The number of aliphatic hydroxyl groups is 1. The zero-order valence-electron chi connectivity index (χ0n) is 8.63. The fourth-order valence-corrected chi connectivity index (χ4v) is 1.71. The molecular weight excluding hydrogens is 164 g/mol. The van der Waals surface area contributed by atoms with Gasteiger partial charge in [-0.15, -0.1) is 0 Å². The van der Waals surface area contributed by atoms with Crippen LogP contribution in [-0.4, -0.2) is 49.3 Å². The van der Waals surface area contributed by atoms with Crippen LogP contribution < -0.4 is 5.32 Å². The van der Waals surface area contributed by atoms with Gasteiger partial charge in [-0.25, -0.2) is 0 Å². The van der Waals surface area contributed by atoms with Gasteiger partial charge in [0.15, 0.2) is 0 Å². The molecular formula is C10H22N2O. The topological polar surface area (TPSA) is 35.5 Å². The molecule has 0 aliphatic carbocycles. The number of likely N-dealkylation sites (N-methyl/N-ethyl adjacent to an activating group) is 1. The number of aliphatic hydroxyl groups excluding tert-OH is 1. The van der Waals surface area contributed by atoms with E-state index >= 15 is 0 Å². The minimum atomic E-state index is -0.0509. The van der Waals surface area contributed by atoms with Gasteiger partial charge >= 0.3 is 0 Å². The highest BCUT2D eigenvalue weighted by molar-refractivity contribution is 4.70. The van der Waals surface area contributed by atoms with Crippen LogP contribution >= 0.6 is 0 Å². The first kappa shape index (κ1) is 11.0. The molecule has 0 aromatic carbocycles. The first-order valence-corrected chi connectivity index (χ1v) is 5.36. The lowest BCUT2D eigenvalue weighted by atomic mass is 10.2. The van der Waals surface area contributed by atoms with Crippen LogP contribution in [0.2, 0.25) is 0 Å². The van der Waals surface area contributed by atoms with E-state index < -0.39 is 0 Å². The maximum absolute atomic E-state index is 8.86. The molecule has 2 fully saturated rings. The van der Waals surface area contributed by atoms with Crippen LogP contribution in [0.3, 0.4) is 0 Å². The smallest absolute Gasteiger partial charge is 0.0679 e. The SMILES string of the molecule is C1CCNCC1.CN1CCC(O)C1. The number of nitrogens with zero attached hydrogens (tertiary/aromatic N) is 1. The summed E-state index contributed by atoms with van der Waals surface area (Å²) in [5.41, 5.74) is 0. The summed E-state index contributed by atoms with van der Waals surface area (Å²) in [7, 11) is 2.02. The van der Waals surface area contributed by atoms with Gasteiger partial charge in [0, 0.05) is 13.1 Å². The zero-order chi connectivity index (χ0) is 9.52. The molecule has 0 spiro atoms. The molecule has 1 atom stereocenters. The molecule has 13 heavy (non-hydrogen) atoms. The lowest BCUT2D eigenvalue weighted by Crippen LogP contribution is -2.21. The molecule has 2 heterocycles. The van der Waals surface area contributed by atoms with Crippen molar-refractivity contribution in [2.24, 2.45) is 0 Å². The molecule has 2 N–H and O–H groups in total. The van der Waals surface area contributed by atoms with Crippen molar-refractivity contribution in [3.8, 4) is 0 Å². The van der Waals surface area contributed by atoms with Crippen LogP contribution in [-0.2, 0) is 0 Å². The molecule has 3 heteroatoms. The van der Waals surface area contributed by atoms with Crippen LogP contribution in [0, 0.1) is 0 Å². The first-order valence-electron chi connectivity index (χ1n) is 5.36. The lowest BCUT2D eigenvalue weighted by Gasteiger charge is -2.08. The molecule has 2 rings (SSSR count). The summed E-state index contributed by atoms with van der Waals surface area (Å²) >= 11 is 0. The number of likely N-dealkylation sites (tertiary alicyclic amines) is 1. The molecule has 3 nitrogen and oxygen atoms in total. The maximum atomic E-state index is 8.86. The predicted molar refractivity (Wildman–Crippen MR) is 54.8 cm³/mol. The third-order valence-corrected chi connectivity index (χ3v) is 2.57. The van der Waals surface area contributed by atoms with Crippen LogP contribution in [0.15, 0.2) is 0 Å². The molecule has 2 saturated heterocycles. The molecule has 0 amide bonds. The number of hydrogen-bond acceptors (Lipinski definition) is 3. The van der Waals surface area contributed by atoms with Crippen LogP contribution in [0.1, 0.15) is 25.7 Å². The van der Waals surface area contributed by atoms with Crippen molar-refractivity contribution in [2.75, 3.05) is 33.2 Å². The fraction of sp³-hybridized carbons (Fsp3) is 1.00. The van der Waals surface area contributed by atoms with E-state index in [1.165, 1.54) is 32.4 Å². The van der Waals surface area contributed by atoms with Crippen molar-refractivity contribution in [3.05, 3.63) is 0 Å². The Morgan fingerprint density at radius 1 is 1.23 bits per heavy atom. The molecule has 78 valence electrons. The van der Waals surface area contributed by atoms with E-state index in [0.717, 1.165) is 19.5 Å². The van der Waals surface area contributed by atoms with Crippen molar-refractivity contribution < 1.29 is 5.11 Å². The normalized spacial score (nSPS) is 29.5. The second kappa shape index (κ2) is 6.35. The summed E-state index contributed by atoms with van der Waals surface area (Å²) in [6.07, 6.45) is 5.12. The number of rotatable bonds is 0. The average Bonchev–Trinajstić information content (AvgIpc) is 2.54. The van der Waals surface area contributed by atoms with Crippen molar-refractivity contribution in [3.63, 3.8) is 0 Å². The van der Waals surface area contributed by atoms with Gasteiger partial charge in [-0.2, -0.15) is 0 Å². The Hall–Kier alpha value is -0.120. The Morgan fingerprint density at radius 3 is 2.08 bits per heavy atom. The van der Waals surface area contributed by atoms with E-state index in [9.17, 15) is 0 Å². The Labute approximate surface area is 81.1 Å². The highest BCUT2D eigenvalue weighted by Crippen LogP contribution is 2.03. The van der Waals surface area contributed by atoms with Gasteiger partial charge in [-0.3, -0.25) is 0 Å². The Morgan fingerprint density at radius 2 is 1.92 bits per heavy atom. The summed E-state index contributed by atoms with van der Waals surface area (Å²) in [6, 6.07) is 0. The van der Waals surface area contributed by atoms with Gasteiger partial charge in [-0.05, 0) is 39.4 Å². The van der Waals surface area contributed by atoms with E-state index in [4.69, 9.17) is 5.11 Å². The second-order valence-corrected chi connectivity index (χ2v) is 4.02. The van der Waals surface area contributed by atoms with E-state index in [-0.39, 0.29) is 6.10 Å². The summed E-state index contributed by atoms with van der Waals surface area (Å²) in [5.74, 6) is 0. The van der Waals surface area contributed by atoms with Crippen molar-refractivity contribution >= 4 is 0 Å². The third-order valence-electron chi connectivity index (χ3n) is 2.57. The summed E-state index contributed by atoms with van der Waals surface area (Å²) < 4.78 is 0. The highest BCUT2D eigenvalue weighted by Gasteiger charge is 2.15. The first-order chi connectivity index (χ1) is 6.29. The molecule has 1 unspecified atom stereocenters. The fourth-order valence-electron chi connectivity index (χ4n) is 1.71. The van der Waals surface area contributed by atoms with E-state index in [1.54, 1.807) is 0 Å². The number of piperidine rings is 1. The minimum absolute atomic E-state index is 0.0509. The zero-order valence-corrected chi connectivity index (χ0v) is 8.63. The summed E-state index contributed by atoms with van der Waals surface area (Å²) in [6.45, 7) is 4.42. The van der Waals surface area contributed by atoms with Crippen molar-refractivity contribution in [1.29, 1.82) is 0 Å². The van der Waals surface area contributed by atoms with Crippen LogP contribution in [0.4, 0.5) is 0 Å². The van der Waals surface area contributed by atoms with Crippen molar-refractivity contribution in [1.82, 2.24) is 10.2 Å². The summed E-state index contributed by atoms with van der Waals surface area (Å²) in [5, 5.41) is 12.1. The molecule has 0 radical (unpaired) electrons. The van der Waals surface area contributed by atoms with Crippen LogP contribution in [0.25, 0.3) is 0 Å². The average molecular weight is 186 g/mol. The molecule has 0 aromatic rings. The van der Waals surface area contributed by atoms with Gasteiger partial charge < -0.3 is 15.3 Å². The molecule has 2 aliphatic heterocycles. The predicted octanol–water partition coefficient (Wildman–Crippen LogP) is 0.443. The van der Waals surface area contributed by atoms with E-state index in [1.807, 2.05) is 7.05 Å². The van der Waals surface area contributed by atoms with Gasteiger partial charge in [0.05, 0.1) is 6.10 Å². The number of hydrogen-bond donors (Lipinski definition) is 2. The van der Waals surface area contributed by atoms with Gasteiger partial charge in [0.25, 0.3) is 0 Å². The molecule has 0 aromatic heterocycles. The number of β-amino-alcohol motifs (C(OH)–C–C–N with tert-alkyl or cyclic N) is 1. The van der Waals surface area contributed by atoms with Gasteiger partial charge in [0.1, 0.15) is 0 Å². The van der Waals surface area contributed by atoms with Gasteiger partial charge in [0.2, 0.25) is 0 Å². The highest BCUT2D eigenvalue weighted by atomic mass is 16.3. The Kier molecular flexibility index (Phi) is 5.35. The standard InChI is InChI=1S/C5H11NO.C5H11N/c1-6-3-2-5(7)4-6;1-2-4-6-5-3-1/h5,7H,2-4H2,1H3;6H,1-5H2. The summed E-state index contributed by atoms with van der Waals surface area (Å²) in [4.78, 5) is 2.13. The quantitative estimate of drug-likeness (QED) is 0.576. The molecule has 0 saturated carbocycles.